The number of H-pyrrole nitrogens is 1. The second-order valence-electron chi connectivity index (χ2n) is 7.99. The SMILES string of the molecule is Cc1c(CN2CC[C@@H]3[C@@H](CCC(=O)N3CCN)C2)[nH]c2c(C)cccc12.Cl.Cl. The van der Waals surface area contributed by atoms with Crippen molar-refractivity contribution in [2.45, 2.75) is 45.7 Å². The maximum Gasteiger partial charge on any atom is 0.222 e. The van der Waals surface area contributed by atoms with Crippen LogP contribution in [0.15, 0.2) is 18.2 Å². The molecule has 1 aromatic carbocycles. The first-order valence-electron chi connectivity index (χ1n) is 9.87. The van der Waals surface area contributed by atoms with Crippen molar-refractivity contribution in [1.29, 1.82) is 0 Å². The minimum atomic E-state index is 0. The Bertz CT molecular complexity index is 822. The summed E-state index contributed by atoms with van der Waals surface area (Å²) < 4.78 is 0. The number of halogens is 2. The van der Waals surface area contributed by atoms with Gasteiger partial charge in [-0.15, -0.1) is 24.8 Å². The van der Waals surface area contributed by atoms with Crippen LogP contribution in [0.3, 0.4) is 0 Å². The number of amides is 1. The lowest BCUT2D eigenvalue weighted by molar-refractivity contribution is -0.141. The zero-order valence-electron chi connectivity index (χ0n) is 16.7. The van der Waals surface area contributed by atoms with Crippen LogP contribution in [-0.2, 0) is 11.3 Å². The lowest BCUT2D eigenvalue weighted by atomic mass is 9.83. The summed E-state index contributed by atoms with van der Waals surface area (Å²) in [5, 5.41) is 1.34. The highest BCUT2D eigenvalue weighted by molar-refractivity contribution is 5.87. The fourth-order valence-electron chi connectivity index (χ4n) is 4.93. The van der Waals surface area contributed by atoms with Crippen molar-refractivity contribution in [3.8, 4) is 0 Å². The molecule has 2 aliphatic rings. The Morgan fingerprint density at radius 1 is 1.21 bits per heavy atom. The van der Waals surface area contributed by atoms with Gasteiger partial charge in [-0.3, -0.25) is 9.69 Å². The number of piperidine rings is 2. The summed E-state index contributed by atoms with van der Waals surface area (Å²) in [4.78, 5) is 20.5. The van der Waals surface area contributed by atoms with Crippen LogP contribution in [0.1, 0.15) is 36.1 Å². The Labute approximate surface area is 179 Å². The van der Waals surface area contributed by atoms with E-state index >= 15 is 0 Å². The molecule has 2 aliphatic heterocycles. The van der Waals surface area contributed by atoms with E-state index in [1.807, 2.05) is 0 Å². The predicted molar refractivity (Wildman–Crippen MR) is 119 cm³/mol. The quantitative estimate of drug-likeness (QED) is 0.786. The minimum Gasteiger partial charge on any atom is -0.357 e. The first-order chi connectivity index (χ1) is 12.6. The summed E-state index contributed by atoms with van der Waals surface area (Å²) in [5.74, 6) is 0.881. The third kappa shape index (κ3) is 4.18. The molecule has 3 heterocycles. The molecule has 156 valence electrons. The van der Waals surface area contributed by atoms with E-state index in [2.05, 4.69) is 46.8 Å². The molecule has 7 heteroatoms. The largest absolute Gasteiger partial charge is 0.357 e. The van der Waals surface area contributed by atoms with E-state index in [1.165, 1.54) is 27.7 Å². The van der Waals surface area contributed by atoms with Crippen LogP contribution in [0, 0.1) is 19.8 Å². The van der Waals surface area contributed by atoms with Crippen LogP contribution in [0.4, 0.5) is 0 Å². The van der Waals surface area contributed by atoms with Crippen molar-refractivity contribution >= 4 is 41.6 Å². The molecule has 4 rings (SSSR count). The van der Waals surface area contributed by atoms with E-state index in [0.29, 0.717) is 37.4 Å². The minimum absolute atomic E-state index is 0. The number of nitrogens with one attached hydrogen (secondary N) is 1. The van der Waals surface area contributed by atoms with Crippen molar-refractivity contribution in [3.05, 3.63) is 35.0 Å². The number of nitrogens with zero attached hydrogens (tertiary/aromatic N) is 2. The first kappa shape index (κ1) is 23.0. The number of likely N-dealkylation sites (tertiary alicyclic amines) is 2. The molecule has 1 amide bonds. The molecule has 0 aliphatic carbocycles. The second-order valence-corrected chi connectivity index (χ2v) is 7.99. The Balaban J connectivity index is 0.00000140. The molecule has 2 fully saturated rings. The molecule has 1 aromatic heterocycles. The van der Waals surface area contributed by atoms with E-state index in [-0.39, 0.29) is 24.8 Å². The van der Waals surface area contributed by atoms with Gasteiger partial charge in [0.2, 0.25) is 5.91 Å². The zero-order chi connectivity index (χ0) is 18.3. The number of para-hydroxylation sites is 1. The van der Waals surface area contributed by atoms with Crippen LogP contribution in [0.2, 0.25) is 0 Å². The number of carbonyl (C=O) groups is 1. The average molecular weight is 427 g/mol. The van der Waals surface area contributed by atoms with Gasteiger partial charge < -0.3 is 15.6 Å². The number of carbonyl (C=O) groups excluding carboxylic acids is 1. The summed E-state index contributed by atoms with van der Waals surface area (Å²) in [5.41, 5.74) is 11.0. The number of aromatic nitrogens is 1. The second kappa shape index (κ2) is 9.49. The average Bonchev–Trinajstić information content (AvgIpc) is 2.95. The molecule has 0 saturated carbocycles. The van der Waals surface area contributed by atoms with Crippen LogP contribution in [-0.4, -0.2) is 52.9 Å². The molecule has 0 radical (unpaired) electrons. The third-order valence-corrected chi connectivity index (χ3v) is 6.38. The van der Waals surface area contributed by atoms with Crippen molar-refractivity contribution in [3.63, 3.8) is 0 Å². The molecule has 0 bridgehead atoms. The number of aromatic amines is 1. The molecule has 2 atom stereocenters. The fourth-order valence-corrected chi connectivity index (χ4v) is 4.93. The van der Waals surface area contributed by atoms with Crippen LogP contribution in [0.5, 0.6) is 0 Å². The first-order valence-corrected chi connectivity index (χ1v) is 9.87. The van der Waals surface area contributed by atoms with Gasteiger partial charge in [0.15, 0.2) is 0 Å². The number of nitrogens with two attached hydrogens (primary N) is 1. The number of fused-ring (bicyclic) bond motifs is 2. The fraction of sp³-hybridized carbons (Fsp3) is 0.571. The van der Waals surface area contributed by atoms with Gasteiger partial charge in [-0.05, 0) is 43.7 Å². The van der Waals surface area contributed by atoms with Gasteiger partial charge in [0.25, 0.3) is 0 Å². The lowest BCUT2D eigenvalue weighted by Gasteiger charge is -2.47. The van der Waals surface area contributed by atoms with Crippen molar-refractivity contribution in [2.24, 2.45) is 11.7 Å². The summed E-state index contributed by atoms with van der Waals surface area (Å²) in [6.07, 6.45) is 2.76. The summed E-state index contributed by atoms with van der Waals surface area (Å²) >= 11 is 0. The van der Waals surface area contributed by atoms with Gasteiger partial charge in [-0.25, -0.2) is 0 Å². The predicted octanol–water partition coefficient (Wildman–Crippen LogP) is 3.40. The number of benzene rings is 1. The number of rotatable bonds is 4. The standard InChI is InChI=1S/C21H30N4O.2ClH/c1-14-4-3-5-17-15(2)18(23-21(14)17)13-24-10-8-19-16(12-24)6-7-20(26)25(19)11-9-22;;/h3-5,16,19,23H,6-13,22H2,1-2H3;2*1H/t16-,19+;;/m0../s1. The molecule has 0 unspecified atom stereocenters. The summed E-state index contributed by atoms with van der Waals surface area (Å²) in [7, 11) is 0. The van der Waals surface area contributed by atoms with Crippen LogP contribution >= 0.6 is 24.8 Å². The Morgan fingerprint density at radius 3 is 2.71 bits per heavy atom. The molecule has 2 saturated heterocycles. The number of hydrogen-bond acceptors (Lipinski definition) is 3. The van der Waals surface area contributed by atoms with Gasteiger partial charge >= 0.3 is 0 Å². The van der Waals surface area contributed by atoms with Gasteiger partial charge in [0.1, 0.15) is 0 Å². The summed E-state index contributed by atoms with van der Waals surface area (Å²) in [6.45, 7) is 8.75. The summed E-state index contributed by atoms with van der Waals surface area (Å²) in [6, 6.07) is 6.90. The van der Waals surface area contributed by atoms with Crippen LogP contribution < -0.4 is 5.73 Å². The van der Waals surface area contributed by atoms with Gasteiger partial charge in [-0.2, -0.15) is 0 Å². The highest BCUT2D eigenvalue weighted by Crippen LogP contribution is 2.32. The topological polar surface area (TPSA) is 65.4 Å². The van der Waals surface area contributed by atoms with Crippen molar-refractivity contribution in [1.82, 2.24) is 14.8 Å². The Morgan fingerprint density at radius 2 is 2.00 bits per heavy atom. The molecule has 2 aromatic rings. The van der Waals surface area contributed by atoms with E-state index in [9.17, 15) is 4.79 Å². The maximum absolute atomic E-state index is 12.2. The smallest absolute Gasteiger partial charge is 0.222 e. The molecule has 0 spiro atoms. The van der Waals surface area contributed by atoms with Crippen molar-refractivity contribution in [2.75, 3.05) is 26.2 Å². The van der Waals surface area contributed by atoms with Gasteiger partial charge in [-0.1, -0.05) is 18.2 Å². The Hall–Kier alpha value is -1.27. The number of hydrogen-bond donors (Lipinski definition) is 2. The molecular weight excluding hydrogens is 395 g/mol. The van der Waals surface area contributed by atoms with Crippen molar-refractivity contribution < 1.29 is 4.79 Å². The molecule has 28 heavy (non-hydrogen) atoms. The van der Waals surface area contributed by atoms with E-state index in [1.54, 1.807) is 0 Å². The lowest BCUT2D eigenvalue weighted by Crippen LogP contribution is -2.56. The van der Waals surface area contributed by atoms with E-state index < -0.39 is 0 Å². The molecule has 5 nitrogen and oxygen atoms in total. The third-order valence-electron chi connectivity index (χ3n) is 6.38. The normalized spacial score (nSPS) is 22.5. The van der Waals surface area contributed by atoms with Crippen LogP contribution in [0.25, 0.3) is 10.9 Å². The highest BCUT2D eigenvalue weighted by Gasteiger charge is 2.38. The monoisotopic (exact) mass is 426 g/mol. The Kier molecular flexibility index (Phi) is 7.80. The van der Waals surface area contributed by atoms with Gasteiger partial charge in [0.05, 0.1) is 0 Å². The maximum atomic E-state index is 12.2. The highest BCUT2D eigenvalue weighted by atomic mass is 35.5. The molecule has 3 N–H and O–H groups in total. The van der Waals surface area contributed by atoms with E-state index in [4.69, 9.17) is 5.73 Å². The zero-order valence-corrected chi connectivity index (χ0v) is 18.4. The number of aryl methyl sites for hydroxylation is 2. The van der Waals surface area contributed by atoms with Gasteiger partial charge in [0, 0.05) is 61.8 Å². The molecular formula is C21H32Cl2N4O. The van der Waals surface area contributed by atoms with E-state index in [0.717, 1.165) is 32.5 Å².